The summed E-state index contributed by atoms with van der Waals surface area (Å²) in [6, 6.07) is 12.2. The second-order valence-electron chi connectivity index (χ2n) is 6.30. The normalized spacial score (nSPS) is 11.2. The van der Waals surface area contributed by atoms with Gasteiger partial charge in [0, 0.05) is 18.2 Å². The maximum absolute atomic E-state index is 13.7. The highest BCUT2D eigenvalue weighted by Gasteiger charge is 2.27. The Bertz CT molecular complexity index is 681. The SMILES string of the molecule is CC(C)(C)N(Cc1ccccc1)C(=O)Nc1ccc(F)cc1F. The lowest BCUT2D eigenvalue weighted by atomic mass is 10.0. The summed E-state index contributed by atoms with van der Waals surface area (Å²) in [7, 11) is 0. The third kappa shape index (κ3) is 4.52. The molecule has 0 heterocycles. The van der Waals surface area contributed by atoms with Gasteiger partial charge in [0.2, 0.25) is 0 Å². The molecule has 23 heavy (non-hydrogen) atoms. The average Bonchev–Trinajstić information content (AvgIpc) is 2.47. The first-order valence-electron chi connectivity index (χ1n) is 7.35. The lowest BCUT2D eigenvalue weighted by molar-refractivity contribution is 0.151. The van der Waals surface area contributed by atoms with E-state index in [0.29, 0.717) is 6.54 Å². The Morgan fingerprint density at radius 2 is 1.74 bits per heavy atom. The molecule has 1 N–H and O–H groups in total. The van der Waals surface area contributed by atoms with Crippen molar-refractivity contribution < 1.29 is 13.6 Å². The molecule has 0 saturated heterocycles. The van der Waals surface area contributed by atoms with Crippen molar-refractivity contribution in [3.8, 4) is 0 Å². The van der Waals surface area contributed by atoms with Crippen LogP contribution in [0.4, 0.5) is 19.3 Å². The van der Waals surface area contributed by atoms with E-state index in [0.717, 1.165) is 17.7 Å². The van der Waals surface area contributed by atoms with Crippen molar-refractivity contribution in [1.82, 2.24) is 4.90 Å². The molecule has 2 aromatic carbocycles. The molecule has 0 aliphatic heterocycles. The molecule has 0 unspecified atom stereocenters. The van der Waals surface area contributed by atoms with Crippen LogP contribution in [0.15, 0.2) is 48.5 Å². The van der Waals surface area contributed by atoms with Gasteiger partial charge < -0.3 is 10.2 Å². The summed E-state index contributed by atoms with van der Waals surface area (Å²) in [6.45, 7) is 6.09. The Hall–Kier alpha value is -2.43. The van der Waals surface area contributed by atoms with E-state index >= 15 is 0 Å². The van der Waals surface area contributed by atoms with Crippen LogP contribution in [-0.4, -0.2) is 16.5 Å². The maximum atomic E-state index is 13.7. The van der Waals surface area contributed by atoms with Crippen LogP contribution < -0.4 is 5.32 Å². The number of carbonyl (C=O) groups is 1. The molecule has 0 aliphatic rings. The highest BCUT2D eigenvalue weighted by Crippen LogP contribution is 2.21. The predicted molar refractivity (Wildman–Crippen MR) is 87.1 cm³/mol. The van der Waals surface area contributed by atoms with Gasteiger partial charge in [0.25, 0.3) is 0 Å². The van der Waals surface area contributed by atoms with E-state index < -0.39 is 23.2 Å². The van der Waals surface area contributed by atoms with Gasteiger partial charge >= 0.3 is 6.03 Å². The third-order valence-corrected chi connectivity index (χ3v) is 3.41. The average molecular weight is 318 g/mol. The Morgan fingerprint density at radius 1 is 1.09 bits per heavy atom. The van der Waals surface area contributed by atoms with Gasteiger partial charge in [-0.15, -0.1) is 0 Å². The smallest absolute Gasteiger partial charge is 0.315 e. The fraction of sp³-hybridized carbons (Fsp3) is 0.278. The van der Waals surface area contributed by atoms with Gasteiger partial charge in [-0.25, -0.2) is 13.6 Å². The van der Waals surface area contributed by atoms with E-state index in [9.17, 15) is 13.6 Å². The minimum atomic E-state index is -0.799. The number of halogens is 2. The Labute approximate surface area is 134 Å². The number of benzene rings is 2. The van der Waals surface area contributed by atoms with Crippen molar-refractivity contribution in [3.05, 3.63) is 65.7 Å². The predicted octanol–water partition coefficient (Wildman–Crippen LogP) is 4.80. The quantitative estimate of drug-likeness (QED) is 0.866. The maximum Gasteiger partial charge on any atom is 0.322 e. The third-order valence-electron chi connectivity index (χ3n) is 3.41. The van der Waals surface area contributed by atoms with Crippen molar-refractivity contribution in [2.75, 3.05) is 5.32 Å². The largest absolute Gasteiger partial charge is 0.322 e. The number of anilines is 1. The first-order chi connectivity index (χ1) is 10.8. The van der Waals surface area contributed by atoms with Gasteiger partial charge in [-0.1, -0.05) is 30.3 Å². The molecule has 0 bridgehead atoms. The van der Waals surface area contributed by atoms with Crippen LogP contribution in [0, 0.1) is 11.6 Å². The summed E-state index contributed by atoms with van der Waals surface area (Å²) >= 11 is 0. The number of amides is 2. The van der Waals surface area contributed by atoms with Gasteiger partial charge in [-0.2, -0.15) is 0 Å². The van der Waals surface area contributed by atoms with Crippen molar-refractivity contribution in [3.63, 3.8) is 0 Å². The molecule has 0 fully saturated rings. The molecule has 2 aromatic rings. The summed E-state index contributed by atoms with van der Waals surface area (Å²) < 4.78 is 26.7. The van der Waals surface area contributed by atoms with E-state index in [2.05, 4.69) is 5.32 Å². The Balaban J connectivity index is 2.20. The lowest BCUT2D eigenvalue weighted by Crippen LogP contribution is -2.47. The number of hydrogen-bond donors (Lipinski definition) is 1. The molecule has 0 saturated carbocycles. The first kappa shape index (κ1) is 16.9. The molecule has 0 atom stereocenters. The van der Waals surface area contributed by atoms with E-state index in [4.69, 9.17) is 0 Å². The lowest BCUT2D eigenvalue weighted by Gasteiger charge is -2.35. The van der Waals surface area contributed by atoms with Crippen LogP contribution >= 0.6 is 0 Å². The molecule has 0 aliphatic carbocycles. The van der Waals surface area contributed by atoms with Crippen LogP contribution in [-0.2, 0) is 6.54 Å². The van der Waals surface area contributed by atoms with E-state index in [1.807, 2.05) is 51.1 Å². The van der Waals surface area contributed by atoms with Crippen molar-refractivity contribution in [2.24, 2.45) is 0 Å². The molecule has 2 rings (SSSR count). The van der Waals surface area contributed by atoms with Gasteiger partial charge in [-0.05, 0) is 38.5 Å². The minimum Gasteiger partial charge on any atom is -0.315 e. The van der Waals surface area contributed by atoms with Gasteiger partial charge in [0.15, 0.2) is 0 Å². The van der Waals surface area contributed by atoms with E-state index in [1.165, 1.54) is 6.07 Å². The standard InChI is InChI=1S/C18H20F2N2O/c1-18(2,3)22(12-13-7-5-4-6-8-13)17(23)21-16-10-9-14(19)11-15(16)20/h4-11H,12H2,1-3H3,(H,21,23). The molecule has 3 nitrogen and oxygen atoms in total. The molecular formula is C18H20F2N2O. The highest BCUT2D eigenvalue weighted by molar-refractivity contribution is 5.89. The summed E-state index contributed by atoms with van der Waals surface area (Å²) in [4.78, 5) is 14.2. The summed E-state index contributed by atoms with van der Waals surface area (Å²) in [6.07, 6.45) is 0. The van der Waals surface area contributed by atoms with Crippen LogP contribution in [0.5, 0.6) is 0 Å². The number of nitrogens with one attached hydrogen (secondary N) is 1. The molecule has 0 radical (unpaired) electrons. The zero-order valence-electron chi connectivity index (χ0n) is 13.4. The van der Waals surface area contributed by atoms with Gasteiger partial charge in [-0.3, -0.25) is 0 Å². The van der Waals surface area contributed by atoms with Crippen LogP contribution in [0.3, 0.4) is 0 Å². The van der Waals surface area contributed by atoms with Crippen molar-refractivity contribution >= 4 is 11.7 Å². The molecule has 0 spiro atoms. The van der Waals surface area contributed by atoms with Crippen LogP contribution in [0.1, 0.15) is 26.3 Å². The van der Waals surface area contributed by atoms with E-state index in [-0.39, 0.29) is 5.69 Å². The topological polar surface area (TPSA) is 32.3 Å². The number of hydrogen-bond acceptors (Lipinski definition) is 1. The zero-order valence-corrected chi connectivity index (χ0v) is 13.4. The van der Waals surface area contributed by atoms with Crippen molar-refractivity contribution in [1.29, 1.82) is 0 Å². The molecule has 5 heteroatoms. The summed E-state index contributed by atoms with van der Waals surface area (Å²) in [5.74, 6) is -1.48. The zero-order chi connectivity index (χ0) is 17.0. The monoisotopic (exact) mass is 318 g/mol. The second kappa shape index (κ2) is 6.77. The molecule has 122 valence electrons. The van der Waals surface area contributed by atoms with Gasteiger partial charge in [0.05, 0.1) is 5.69 Å². The fourth-order valence-electron chi connectivity index (χ4n) is 2.15. The molecular weight excluding hydrogens is 298 g/mol. The highest BCUT2D eigenvalue weighted by atomic mass is 19.1. The number of urea groups is 1. The minimum absolute atomic E-state index is 0.0429. The first-order valence-corrected chi connectivity index (χ1v) is 7.35. The van der Waals surface area contributed by atoms with E-state index in [1.54, 1.807) is 4.90 Å². The Kier molecular flexibility index (Phi) is 4.98. The summed E-state index contributed by atoms with van der Waals surface area (Å²) in [5.41, 5.74) is 0.465. The van der Waals surface area contributed by atoms with Crippen LogP contribution in [0.25, 0.3) is 0 Å². The van der Waals surface area contributed by atoms with Crippen molar-refractivity contribution in [2.45, 2.75) is 32.9 Å². The second-order valence-corrected chi connectivity index (χ2v) is 6.30. The number of rotatable bonds is 3. The molecule has 0 aromatic heterocycles. The number of nitrogens with zero attached hydrogens (tertiary/aromatic N) is 1. The summed E-state index contributed by atoms with van der Waals surface area (Å²) in [5, 5.41) is 2.51. The van der Waals surface area contributed by atoms with Crippen LogP contribution in [0.2, 0.25) is 0 Å². The fourth-order valence-corrected chi connectivity index (χ4v) is 2.15. The number of carbonyl (C=O) groups excluding carboxylic acids is 1. The molecule has 2 amide bonds. The van der Waals surface area contributed by atoms with Gasteiger partial charge in [0.1, 0.15) is 11.6 Å². The Morgan fingerprint density at radius 3 is 2.30 bits per heavy atom.